The van der Waals surface area contributed by atoms with E-state index in [1.807, 2.05) is 0 Å². The summed E-state index contributed by atoms with van der Waals surface area (Å²) < 4.78 is 0. The van der Waals surface area contributed by atoms with E-state index in [1.165, 1.54) is 0 Å². The first-order chi connectivity index (χ1) is 4.27. The summed E-state index contributed by atoms with van der Waals surface area (Å²) in [7, 11) is -4.61. The molecule has 11 heavy (non-hydrogen) atoms. The third-order valence-corrected chi connectivity index (χ3v) is 0.135. The Morgan fingerprint density at radius 1 is 1.27 bits per heavy atom. The molecule has 9 heteroatoms. The molecule has 0 aliphatic rings. The smallest absolute Gasteiger partial charge is 1.00 e. The van der Waals surface area contributed by atoms with Crippen LogP contribution < -0.4 is 29.6 Å². The standard InChI is InChI=1S/C2H4O3.Na.H4O4Si.H/c3-1-2(4)5;;1-5(2,3)4;/h3H,1H2,(H,4,5);;1-4H;/q;+1;;-1. The first kappa shape index (κ1) is 17.5. The van der Waals surface area contributed by atoms with Gasteiger partial charge < -0.3 is 30.8 Å². The summed E-state index contributed by atoms with van der Waals surface area (Å²) in [5.41, 5.74) is 0. The van der Waals surface area contributed by atoms with Gasteiger partial charge in [-0.05, 0) is 0 Å². The van der Waals surface area contributed by atoms with Gasteiger partial charge >= 0.3 is 44.6 Å². The Bertz CT molecular complexity index is 98.1. The molecule has 7 nitrogen and oxygen atoms in total. The Morgan fingerprint density at radius 2 is 1.36 bits per heavy atom. The van der Waals surface area contributed by atoms with Crippen LogP contribution in [0, 0.1) is 0 Å². The van der Waals surface area contributed by atoms with Crippen LogP contribution in [0.15, 0.2) is 0 Å². The second kappa shape index (κ2) is 8.58. The third kappa shape index (κ3) is 122. The van der Waals surface area contributed by atoms with Crippen LogP contribution >= 0.6 is 0 Å². The summed E-state index contributed by atoms with van der Waals surface area (Å²) in [5.74, 6) is -1.19. The molecule has 0 radical (unpaired) electrons. The van der Waals surface area contributed by atoms with Gasteiger partial charge in [0.25, 0.3) is 0 Å². The van der Waals surface area contributed by atoms with Gasteiger partial charge in [0.15, 0.2) is 0 Å². The van der Waals surface area contributed by atoms with Gasteiger partial charge in [-0.2, -0.15) is 0 Å². The van der Waals surface area contributed by atoms with Crippen molar-refractivity contribution in [3.63, 3.8) is 0 Å². The van der Waals surface area contributed by atoms with Crippen molar-refractivity contribution in [3.8, 4) is 0 Å². The average Bonchev–Trinajstić information content (AvgIpc) is 1.61. The summed E-state index contributed by atoms with van der Waals surface area (Å²) in [6.45, 7) is -0.778. The molecular weight excluding hydrogens is 187 g/mol. The SMILES string of the molecule is O=C(O)CO.O[Si](O)(O)O.[H-].[Na+]. The maximum atomic E-state index is 9.12. The molecule has 0 aliphatic heterocycles. The van der Waals surface area contributed by atoms with Crippen LogP contribution in [0.5, 0.6) is 0 Å². The molecule has 0 saturated heterocycles. The third-order valence-electron chi connectivity index (χ3n) is 0.135. The van der Waals surface area contributed by atoms with Crippen LogP contribution in [-0.2, 0) is 4.79 Å². The number of hydrogen-bond donors (Lipinski definition) is 6. The first-order valence-electron chi connectivity index (χ1n) is 1.99. The van der Waals surface area contributed by atoms with Gasteiger partial charge in [-0.25, -0.2) is 4.79 Å². The van der Waals surface area contributed by atoms with Crippen LogP contribution in [0.1, 0.15) is 1.43 Å². The Balaban J connectivity index is -0.0000000457. The van der Waals surface area contributed by atoms with Gasteiger partial charge in [0.1, 0.15) is 6.61 Å². The van der Waals surface area contributed by atoms with Gasteiger partial charge in [-0.15, -0.1) is 0 Å². The quantitative estimate of drug-likeness (QED) is 0.229. The van der Waals surface area contributed by atoms with Crippen molar-refractivity contribution in [1.82, 2.24) is 0 Å². The topological polar surface area (TPSA) is 138 Å². The summed E-state index contributed by atoms with van der Waals surface area (Å²) >= 11 is 0. The van der Waals surface area contributed by atoms with Crippen LogP contribution in [-0.4, -0.2) is 51.0 Å². The van der Waals surface area contributed by atoms with Gasteiger partial charge in [-0.1, -0.05) is 0 Å². The van der Waals surface area contributed by atoms with Crippen molar-refractivity contribution in [3.05, 3.63) is 0 Å². The van der Waals surface area contributed by atoms with Crippen molar-refractivity contribution < 1.29 is 65.2 Å². The Hall–Kier alpha value is 0.487. The fraction of sp³-hybridized carbons (Fsp3) is 0.500. The van der Waals surface area contributed by atoms with Crippen LogP contribution in [0.25, 0.3) is 0 Å². The molecule has 0 aliphatic carbocycles. The van der Waals surface area contributed by atoms with E-state index in [2.05, 4.69) is 0 Å². The molecular formula is C2H9NaO7Si. The second-order valence-electron chi connectivity index (χ2n) is 1.15. The Kier molecular flexibility index (Phi) is 13.7. The molecule has 0 aromatic heterocycles. The molecule has 0 fully saturated rings. The molecule has 6 N–H and O–H groups in total. The molecule has 0 spiro atoms. The van der Waals surface area contributed by atoms with E-state index in [9.17, 15) is 0 Å². The normalized spacial score (nSPS) is 8.82. The van der Waals surface area contributed by atoms with Crippen molar-refractivity contribution >= 4 is 15.0 Å². The fourth-order valence-electron chi connectivity index (χ4n) is 0. The van der Waals surface area contributed by atoms with Gasteiger partial charge in [0, 0.05) is 0 Å². The van der Waals surface area contributed by atoms with E-state index >= 15 is 0 Å². The minimum absolute atomic E-state index is 0. The molecule has 0 aromatic rings. The van der Waals surface area contributed by atoms with Gasteiger partial charge in [0.05, 0.1) is 0 Å². The van der Waals surface area contributed by atoms with E-state index < -0.39 is 21.6 Å². The van der Waals surface area contributed by atoms with Crippen molar-refractivity contribution in [2.75, 3.05) is 6.61 Å². The van der Waals surface area contributed by atoms with Gasteiger partial charge in [-0.3, -0.25) is 0 Å². The second-order valence-corrected chi connectivity index (χ2v) is 2.35. The molecule has 0 aromatic carbocycles. The number of rotatable bonds is 1. The zero-order valence-electron chi connectivity index (χ0n) is 6.80. The molecule has 0 rings (SSSR count). The average molecular weight is 196 g/mol. The predicted molar refractivity (Wildman–Crippen MR) is 30.5 cm³/mol. The minimum Gasteiger partial charge on any atom is -1.00 e. The van der Waals surface area contributed by atoms with Crippen molar-refractivity contribution in [2.24, 2.45) is 0 Å². The van der Waals surface area contributed by atoms with Crippen LogP contribution in [0.2, 0.25) is 0 Å². The Labute approximate surface area is 86.8 Å². The maximum absolute atomic E-state index is 9.12. The van der Waals surface area contributed by atoms with E-state index in [4.69, 9.17) is 34.2 Å². The zero-order valence-corrected chi connectivity index (χ0v) is 8.80. The molecule has 0 bridgehead atoms. The molecule has 64 valence electrons. The monoisotopic (exact) mass is 196 g/mol. The van der Waals surface area contributed by atoms with Crippen LogP contribution in [0.4, 0.5) is 0 Å². The van der Waals surface area contributed by atoms with Gasteiger partial charge in [0.2, 0.25) is 0 Å². The minimum atomic E-state index is -4.61. The number of carbonyl (C=O) groups is 1. The number of aliphatic hydroxyl groups excluding tert-OH is 1. The molecule has 0 amide bonds. The molecule has 0 saturated carbocycles. The summed E-state index contributed by atoms with van der Waals surface area (Å²) in [5, 5.41) is 15.0. The number of carboxylic acid groups (broad SMARTS) is 1. The largest absolute Gasteiger partial charge is 1.00 e. The number of aliphatic hydroxyl groups is 1. The zero-order chi connectivity index (χ0) is 8.78. The molecule has 0 heterocycles. The summed E-state index contributed by atoms with van der Waals surface area (Å²) in [4.78, 5) is 38.4. The molecule has 0 unspecified atom stereocenters. The fourth-order valence-corrected chi connectivity index (χ4v) is 0. The van der Waals surface area contributed by atoms with Crippen LogP contribution in [0.3, 0.4) is 0 Å². The maximum Gasteiger partial charge on any atom is 1.00 e. The van der Waals surface area contributed by atoms with E-state index in [0.717, 1.165) is 0 Å². The van der Waals surface area contributed by atoms with E-state index in [0.29, 0.717) is 0 Å². The van der Waals surface area contributed by atoms with Crippen molar-refractivity contribution in [2.45, 2.75) is 0 Å². The number of hydrogen-bond acceptors (Lipinski definition) is 6. The summed E-state index contributed by atoms with van der Waals surface area (Å²) in [6, 6.07) is 0. The Morgan fingerprint density at radius 3 is 1.36 bits per heavy atom. The number of carboxylic acids is 1. The first-order valence-corrected chi connectivity index (χ1v) is 3.78. The van der Waals surface area contributed by atoms with Crippen molar-refractivity contribution in [1.29, 1.82) is 0 Å². The molecule has 0 atom stereocenters. The predicted octanol–water partition coefficient (Wildman–Crippen LogP) is -6.43. The van der Waals surface area contributed by atoms with E-state index in [-0.39, 0.29) is 31.0 Å². The summed E-state index contributed by atoms with van der Waals surface area (Å²) in [6.07, 6.45) is 0. The van der Waals surface area contributed by atoms with E-state index in [1.54, 1.807) is 0 Å². The number of aliphatic carboxylic acids is 1.